The van der Waals surface area contributed by atoms with E-state index in [9.17, 15) is 0 Å². The maximum atomic E-state index is 4.55. The summed E-state index contributed by atoms with van der Waals surface area (Å²) < 4.78 is 0. The van der Waals surface area contributed by atoms with Gasteiger partial charge >= 0.3 is 0 Å². The third kappa shape index (κ3) is 4.39. The van der Waals surface area contributed by atoms with E-state index < -0.39 is 0 Å². The summed E-state index contributed by atoms with van der Waals surface area (Å²) in [6.45, 7) is 5.75. The number of fused-ring (bicyclic) bond motifs is 1. The lowest BCUT2D eigenvalue weighted by atomic mass is 10.1. The van der Waals surface area contributed by atoms with Gasteiger partial charge in [0, 0.05) is 35.6 Å². The Hall–Kier alpha value is -2.34. The molecule has 2 aromatic heterocycles. The van der Waals surface area contributed by atoms with Gasteiger partial charge in [-0.3, -0.25) is 4.99 Å². The van der Waals surface area contributed by atoms with E-state index in [1.54, 1.807) is 18.4 Å². The van der Waals surface area contributed by atoms with E-state index in [2.05, 4.69) is 63.0 Å². The molecular weight excluding hydrogens is 330 g/mol. The fourth-order valence-electron chi connectivity index (χ4n) is 2.82. The van der Waals surface area contributed by atoms with Gasteiger partial charge in [-0.15, -0.1) is 11.3 Å². The molecule has 6 heteroatoms. The fraction of sp³-hybridized carbons (Fsp3) is 0.368. The molecule has 0 spiro atoms. The highest BCUT2D eigenvalue weighted by atomic mass is 32.1. The van der Waals surface area contributed by atoms with Crippen LogP contribution in [0.1, 0.15) is 27.6 Å². The molecule has 0 unspecified atom stereocenters. The highest BCUT2D eigenvalue weighted by molar-refractivity contribution is 7.11. The van der Waals surface area contributed by atoms with E-state index in [0.717, 1.165) is 36.0 Å². The quantitative estimate of drug-likeness (QED) is 0.360. The first-order chi connectivity index (χ1) is 12.2. The Morgan fingerprint density at radius 1 is 1.24 bits per heavy atom. The molecular formula is C19H25N5S. The van der Waals surface area contributed by atoms with Crippen LogP contribution in [0.4, 0.5) is 0 Å². The molecule has 0 aliphatic carbocycles. The summed E-state index contributed by atoms with van der Waals surface area (Å²) in [5, 5.41) is 9.12. The maximum absolute atomic E-state index is 4.55. The smallest absolute Gasteiger partial charge is 0.191 e. The second-order valence-electron chi connectivity index (χ2n) is 6.06. The lowest BCUT2D eigenvalue weighted by Crippen LogP contribution is -2.37. The number of aromatic nitrogens is 2. The van der Waals surface area contributed by atoms with Crippen molar-refractivity contribution < 1.29 is 0 Å². The van der Waals surface area contributed by atoms with Crippen molar-refractivity contribution in [3.8, 4) is 0 Å². The van der Waals surface area contributed by atoms with Crippen LogP contribution < -0.4 is 10.6 Å². The first kappa shape index (κ1) is 17.5. The van der Waals surface area contributed by atoms with Gasteiger partial charge in [0.2, 0.25) is 0 Å². The standard InChI is InChI=1S/C19H25N5S/c1-13-14(2)25-18(24-13)12-23-19(20-3)21-10-6-7-15-11-22-17-9-5-4-8-16(15)17/h4-5,8-9,11,22H,6-7,10,12H2,1-3H3,(H2,20,21,23). The lowest BCUT2D eigenvalue weighted by molar-refractivity contribution is 0.742. The van der Waals surface area contributed by atoms with Gasteiger partial charge in [0.05, 0.1) is 12.2 Å². The second kappa shape index (κ2) is 8.16. The van der Waals surface area contributed by atoms with Gasteiger partial charge in [0.25, 0.3) is 0 Å². The first-order valence-electron chi connectivity index (χ1n) is 8.60. The van der Waals surface area contributed by atoms with E-state index in [1.165, 1.54) is 21.3 Å². The SMILES string of the molecule is CN=C(NCCCc1c[nH]c2ccccc12)NCc1nc(C)c(C)s1. The lowest BCUT2D eigenvalue weighted by Gasteiger charge is -2.10. The number of nitrogens with zero attached hydrogens (tertiary/aromatic N) is 2. The monoisotopic (exact) mass is 355 g/mol. The fourth-order valence-corrected chi connectivity index (χ4v) is 3.69. The summed E-state index contributed by atoms with van der Waals surface area (Å²) in [5.41, 5.74) is 3.69. The van der Waals surface area contributed by atoms with Gasteiger partial charge in [0.1, 0.15) is 5.01 Å². The molecule has 1 aromatic carbocycles. The summed E-state index contributed by atoms with van der Waals surface area (Å²) >= 11 is 1.73. The number of aromatic amines is 1. The van der Waals surface area contributed by atoms with Gasteiger partial charge in [-0.2, -0.15) is 0 Å². The van der Waals surface area contributed by atoms with Crippen LogP contribution in [0.15, 0.2) is 35.5 Å². The molecule has 0 bridgehead atoms. The van der Waals surface area contributed by atoms with E-state index in [0.29, 0.717) is 6.54 Å². The van der Waals surface area contributed by atoms with Crippen molar-refractivity contribution in [2.45, 2.75) is 33.2 Å². The van der Waals surface area contributed by atoms with E-state index in [-0.39, 0.29) is 0 Å². The van der Waals surface area contributed by atoms with Crippen LogP contribution in [0.2, 0.25) is 0 Å². The number of thiazole rings is 1. The van der Waals surface area contributed by atoms with Crippen molar-refractivity contribution in [1.29, 1.82) is 0 Å². The molecule has 0 saturated carbocycles. The number of nitrogens with one attached hydrogen (secondary N) is 3. The van der Waals surface area contributed by atoms with Gasteiger partial charge < -0.3 is 15.6 Å². The summed E-state index contributed by atoms with van der Waals surface area (Å²) in [6, 6.07) is 8.44. The van der Waals surface area contributed by atoms with Crippen LogP contribution in [0.25, 0.3) is 10.9 Å². The molecule has 0 aliphatic rings. The number of hydrogen-bond donors (Lipinski definition) is 3. The van der Waals surface area contributed by atoms with Crippen LogP contribution >= 0.6 is 11.3 Å². The summed E-state index contributed by atoms with van der Waals surface area (Å²) in [6.07, 6.45) is 4.21. The Kier molecular flexibility index (Phi) is 5.71. The van der Waals surface area contributed by atoms with Crippen molar-refractivity contribution in [1.82, 2.24) is 20.6 Å². The zero-order valence-corrected chi connectivity index (χ0v) is 15.8. The highest BCUT2D eigenvalue weighted by Gasteiger charge is 2.05. The van der Waals surface area contributed by atoms with Crippen LogP contribution in [0.5, 0.6) is 0 Å². The van der Waals surface area contributed by atoms with Crippen molar-refractivity contribution in [2.75, 3.05) is 13.6 Å². The largest absolute Gasteiger partial charge is 0.361 e. The Morgan fingerprint density at radius 2 is 2.08 bits per heavy atom. The van der Waals surface area contributed by atoms with E-state index in [4.69, 9.17) is 0 Å². The number of guanidine groups is 1. The molecule has 5 nitrogen and oxygen atoms in total. The number of para-hydroxylation sites is 1. The summed E-state index contributed by atoms with van der Waals surface area (Å²) in [7, 11) is 1.80. The van der Waals surface area contributed by atoms with Gasteiger partial charge in [0.15, 0.2) is 5.96 Å². The minimum atomic E-state index is 0.710. The molecule has 3 N–H and O–H groups in total. The molecule has 25 heavy (non-hydrogen) atoms. The molecule has 0 saturated heterocycles. The Balaban J connectivity index is 1.44. The average molecular weight is 356 g/mol. The summed E-state index contributed by atoms with van der Waals surface area (Å²) in [4.78, 5) is 13.4. The number of aliphatic imine (C=N–C) groups is 1. The topological polar surface area (TPSA) is 65.1 Å². The van der Waals surface area contributed by atoms with Crippen LogP contribution in [-0.4, -0.2) is 29.5 Å². The van der Waals surface area contributed by atoms with Crippen LogP contribution in [0.3, 0.4) is 0 Å². The van der Waals surface area contributed by atoms with Crippen molar-refractivity contribution in [2.24, 2.45) is 4.99 Å². The maximum Gasteiger partial charge on any atom is 0.191 e. The molecule has 0 atom stereocenters. The van der Waals surface area contributed by atoms with Crippen LogP contribution in [0, 0.1) is 13.8 Å². The average Bonchev–Trinajstić information content (AvgIpc) is 3.18. The zero-order chi connectivity index (χ0) is 17.6. The third-order valence-electron chi connectivity index (χ3n) is 4.29. The molecule has 0 amide bonds. The predicted octanol–water partition coefficient (Wildman–Crippen LogP) is 3.54. The van der Waals surface area contributed by atoms with Crippen molar-refractivity contribution in [3.63, 3.8) is 0 Å². The number of benzene rings is 1. The Morgan fingerprint density at radius 3 is 2.84 bits per heavy atom. The molecule has 0 radical (unpaired) electrons. The second-order valence-corrected chi connectivity index (χ2v) is 7.35. The highest BCUT2D eigenvalue weighted by Crippen LogP contribution is 2.18. The number of H-pyrrole nitrogens is 1. The van der Waals surface area contributed by atoms with Gasteiger partial charge in [-0.05, 0) is 38.3 Å². The van der Waals surface area contributed by atoms with Crippen LogP contribution in [-0.2, 0) is 13.0 Å². The predicted molar refractivity (Wildman–Crippen MR) is 106 cm³/mol. The van der Waals surface area contributed by atoms with Crippen molar-refractivity contribution >= 4 is 28.2 Å². The van der Waals surface area contributed by atoms with Crippen molar-refractivity contribution in [3.05, 3.63) is 51.6 Å². The molecule has 3 aromatic rings. The van der Waals surface area contributed by atoms with Gasteiger partial charge in [-0.1, -0.05) is 18.2 Å². The minimum Gasteiger partial charge on any atom is -0.361 e. The molecule has 132 valence electrons. The Labute approximate surface area is 152 Å². The van der Waals surface area contributed by atoms with E-state index >= 15 is 0 Å². The minimum absolute atomic E-state index is 0.710. The molecule has 0 fully saturated rings. The van der Waals surface area contributed by atoms with E-state index in [1.807, 2.05) is 6.92 Å². The molecule has 2 heterocycles. The first-order valence-corrected chi connectivity index (χ1v) is 9.41. The molecule has 0 aliphatic heterocycles. The Bertz CT molecular complexity index is 842. The summed E-state index contributed by atoms with van der Waals surface area (Å²) in [5.74, 6) is 0.824. The van der Waals surface area contributed by atoms with Gasteiger partial charge in [-0.25, -0.2) is 4.98 Å². The zero-order valence-electron chi connectivity index (χ0n) is 15.0. The number of hydrogen-bond acceptors (Lipinski definition) is 3. The normalized spacial score (nSPS) is 11.9. The molecule has 3 rings (SSSR count). The number of rotatable bonds is 6. The third-order valence-corrected chi connectivity index (χ3v) is 5.37. The number of aryl methyl sites for hydroxylation is 3.